The Morgan fingerprint density at radius 1 is 0.968 bits per heavy atom. The highest BCUT2D eigenvalue weighted by molar-refractivity contribution is 5.93. The smallest absolute Gasteiger partial charge is 0.141 e. The van der Waals surface area contributed by atoms with Crippen LogP contribution in [0.5, 0.6) is 0 Å². The summed E-state index contributed by atoms with van der Waals surface area (Å²) in [6.45, 7) is 0.577. The van der Waals surface area contributed by atoms with E-state index < -0.39 is 0 Å². The van der Waals surface area contributed by atoms with Crippen LogP contribution in [0.1, 0.15) is 5.56 Å². The van der Waals surface area contributed by atoms with E-state index in [9.17, 15) is 4.39 Å². The molecule has 5 aromatic rings. The molecule has 1 N–H and O–H groups in total. The zero-order valence-corrected chi connectivity index (χ0v) is 17.1. The van der Waals surface area contributed by atoms with Crippen molar-refractivity contribution in [1.82, 2.24) is 24.7 Å². The van der Waals surface area contributed by atoms with E-state index in [-0.39, 0.29) is 5.82 Å². The molecule has 0 saturated carbocycles. The van der Waals surface area contributed by atoms with Crippen LogP contribution >= 0.6 is 0 Å². The number of hydrogen-bond acceptors (Lipinski definition) is 6. The number of anilines is 3. The van der Waals surface area contributed by atoms with Gasteiger partial charge in [0.15, 0.2) is 0 Å². The largest absolute Gasteiger partial charge is 0.363 e. The molecule has 154 valence electrons. The zero-order chi connectivity index (χ0) is 21.4. The van der Waals surface area contributed by atoms with E-state index in [1.54, 1.807) is 18.3 Å². The van der Waals surface area contributed by atoms with E-state index in [0.29, 0.717) is 12.4 Å². The molecule has 5 rings (SSSR count). The third kappa shape index (κ3) is 3.75. The summed E-state index contributed by atoms with van der Waals surface area (Å²) < 4.78 is 15.1. The second-order valence-electron chi connectivity index (χ2n) is 7.50. The van der Waals surface area contributed by atoms with E-state index in [4.69, 9.17) is 0 Å². The molecule has 3 aromatic heterocycles. The van der Waals surface area contributed by atoms with Crippen molar-refractivity contribution in [3.05, 3.63) is 78.6 Å². The number of aromatic nitrogens is 5. The van der Waals surface area contributed by atoms with Crippen LogP contribution < -0.4 is 10.2 Å². The second-order valence-corrected chi connectivity index (χ2v) is 7.50. The summed E-state index contributed by atoms with van der Waals surface area (Å²) in [5.74, 6) is 1.31. The quantitative estimate of drug-likeness (QED) is 0.461. The lowest BCUT2D eigenvalue weighted by Crippen LogP contribution is -2.10. The van der Waals surface area contributed by atoms with Crippen molar-refractivity contribution >= 4 is 39.1 Å². The first-order valence-corrected chi connectivity index (χ1v) is 9.82. The molecule has 0 amide bonds. The Hall–Kier alpha value is -4.07. The maximum atomic E-state index is 13.2. The lowest BCUT2D eigenvalue weighted by atomic mass is 10.2. The van der Waals surface area contributed by atoms with Crippen LogP contribution in [0, 0.1) is 5.82 Å². The van der Waals surface area contributed by atoms with Crippen molar-refractivity contribution in [2.24, 2.45) is 0 Å². The van der Waals surface area contributed by atoms with Crippen molar-refractivity contribution < 1.29 is 4.39 Å². The number of fused-ring (bicyclic) bond motifs is 2. The minimum absolute atomic E-state index is 0.240. The van der Waals surface area contributed by atoms with Crippen LogP contribution in [0.2, 0.25) is 0 Å². The highest BCUT2D eigenvalue weighted by atomic mass is 19.1. The molecule has 0 radical (unpaired) electrons. The molecule has 0 spiro atoms. The Labute approximate surface area is 178 Å². The second kappa shape index (κ2) is 7.64. The highest BCUT2D eigenvalue weighted by Crippen LogP contribution is 2.27. The van der Waals surface area contributed by atoms with Crippen LogP contribution in [0.25, 0.3) is 21.8 Å². The maximum absolute atomic E-state index is 13.2. The molecule has 0 saturated heterocycles. The lowest BCUT2D eigenvalue weighted by Gasteiger charge is -2.13. The Morgan fingerprint density at radius 3 is 2.61 bits per heavy atom. The fourth-order valence-corrected chi connectivity index (χ4v) is 3.48. The lowest BCUT2D eigenvalue weighted by molar-refractivity contribution is 0.625. The Morgan fingerprint density at radius 2 is 1.81 bits per heavy atom. The van der Waals surface area contributed by atoms with Crippen LogP contribution in [0.4, 0.5) is 21.7 Å². The molecule has 7 nitrogen and oxygen atoms in total. The van der Waals surface area contributed by atoms with Gasteiger partial charge in [0.1, 0.15) is 23.8 Å². The molecule has 0 aliphatic heterocycles. The number of nitrogens with one attached hydrogen (secondary N) is 1. The summed E-state index contributed by atoms with van der Waals surface area (Å²) in [6, 6.07) is 14.5. The molecule has 31 heavy (non-hydrogen) atoms. The number of nitrogens with zero attached hydrogens (tertiary/aromatic N) is 6. The Balaban J connectivity index is 1.45. The molecule has 0 unspecified atom stereocenters. The van der Waals surface area contributed by atoms with Gasteiger partial charge < -0.3 is 10.2 Å². The molecule has 0 fully saturated rings. The standard InChI is InChI=1S/C23H20FN7/c1-30(2)22-10-19-20(12-25-22)26-14-27-23(19)29-18-7-8-21-16(9-18)11-28-31(21)13-15-3-5-17(24)6-4-15/h3-12,14H,13H2,1-2H3,(H,26,27,29). The molecule has 0 bridgehead atoms. The molecule has 0 aliphatic carbocycles. The zero-order valence-electron chi connectivity index (χ0n) is 17.1. The van der Waals surface area contributed by atoms with E-state index in [0.717, 1.165) is 38.9 Å². The van der Waals surface area contributed by atoms with Crippen LogP contribution in [-0.2, 0) is 6.54 Å². The average molecular weight is 413 g/mol. The Kier molecular flexibility index (Phi) is 4.66. The number of hydrogen-bond donors (Lipinski definition) is 1. The summed E-state index contributed by atoms with van der Waals surface area (Å²) in [7, 11) is 3.89. The summed E-state index contributed by atoms with van der Waals surface area (Å²) in [5, 5.41) is 9.79. The highest BCUT2D eigenvalue weighted by Gasteiger charge is 2.09. The van der Waals surface area contributed by atoms with Gasteiger partial charge in [-0.05, 0) is 42.0 Å². The van der Waals surface area contributed by atoms with Crippen LogP contribution in [-0.4, -0.2) is 38.8 Å². The normalized spacial score (nSPS) is 11.2. The van der Waals surface area contributed by atoms with Crippen molar-refractivity contribution in [3.63, 3.8) is 0 Å². The minimum Gasteiger partial charge on any atom is -0.363 e. The number of benzene rings is 2. The van der Waals surface area contributed by atoms with Crippen molar-refractivity contribution in [3.8, 4) is 0 Å². The van der Waals surface area contributed by atoms with Gasteiger partial charge in [-0.1, -0.05) is 12.1 Å². The molecule has 0 aliphatic rings. The third-order valence-corrected chi connectivity index (χ3v) is 5.12. The molecule has 3 heterocycles. The molecular weight excluding hydrogens is 393 g/mol. The first-order chi connectivity index (χ1) is 15.1. The van der Waals surface area contributed by atoms with Gasteiger partial charge in [-0.2, -0.15) is 5.10 Å². The number of halogens is 1. The van der Waals surface area contributed by atoms with Crippen molar-refractivity contribution in [2.75, 3.05) is 24.3 Å². The fourth-order valence-electron chi connectivity index (χ4n) is 3.48. The topological polar surface area (TPSA) is 71.8 Å². The van der Waals surface area contributed by atoms with E-state index in [1.165, 1.54) is 18.5 Å². The van der Waals surface area contributed by atoms with Gasteiger partial charge >= 0.3 is 0 Å². The third-order valence-electron chi connectivity index (χ3n) is 5.12. The maximum Gasteiger partial charge on any atom is 0.141 e. The first kappa shape index (κ1) is 18.9. The first-order valence-electron chi connectivity index (χ1n) is 9.82. The number of pyridine rings is 1. The molecule has 2 aromatic carbocycles. The van der Waals surface area contributed by atoms with Crippen molar-refractivity contribution in [2.45, 2.75) is 6.54 Å². The van der Waals surface area contributed by atoms with E-state index in [1.807, 2.05) is 54.1 Å². The summed E-state index contributed by atoms with van der Waals surface area (Å²) in [5.41, 5.74) is 3.67. The van der Waals surface area contributed by atoms with Gasteiger partial charge in [0.25, 0.3) is 0 Å². The van der Waals surface area contributed by atoms with Crippen LogP contribution in [0.15, 0.2) is 67.3 Å². The average Bonchev–Trinajstić information content (AvgIpc) is 3.17. The SMILES string of the molecule is CN(C)c1cc2c(Nc3ccc4c(cnn4Cc4ccc(F)cc4)c3)ncnc2cn1. The Bertz CT molecular complexity index is 1380. The van der Waals surface area contributed by atoms with E-state index >= 15 is 0 Å². The van der Waals surface area contributed by atoms with Gasteiger partial charge in [-0.15, -0.1) is 0 Å². The van der Waals surface area contributed by atoms with Gasteiger partial charge in [0, 0.05) is 30.6 Å². The number of rotatable bonds is 5. The van der Waals surface area contributed by atoms with Gasteiger partial charge in [-0.25, -0.2) is 19.3 Å². The minimum atomic E-state index is -0.240. The monoisotopic (exact) mass is 413 g/mol. The summed E-state index contributed by atoms with van der Waals surface area (Å²) in [4.78, 5) is 15.1. The van der Waals surface area contributed by atoms with Crippen molar-refractivity contribution in [1.29, 1.82) is 0 Å². The summed E-state index contributed by atoms with van der Waals surface area (Å²) in [6.07, 6.45) is 5.11. The van der Waals surface area contributed by atoms with E-state index in [2.05, 4.69) is 25.4 Å². The van der Waals surface area contributed by atoms with Gasteiger partial charge in [-0.3, -0.25) is 4.68 Å². The predicted octanol–water partition coefficient (Wildman–Crippen LogP) is 4.37. The molecule has 0 atom stereocenters. The molecular formula is C23H20FN7. The fraction of sp³-hybridized carbons (Fsp3) is 0.130. The van der Waals surface area contributed by atoms with Crippen LogP contribution in [0.3, 0.4) is 0 Å². The molecule has 8 heteroatoms. The van der Waals surface area contributed by atoms with Gasteiger partial charge in [0.05, 0.1) is 30.0 Å². The summed E-state index contributed by atoms with van der Waals surface area (Å²) >= 11 is 0. The predicted molar refractivity (Wildman–Crippen MR) is 120 cm³/mol. The van der Waals surface area contributed by atoms with Gasteiger partial charge in [0.2, 0.25) is 0 Å².